The average Bonchev–Trinajstić information content (AvgIpc) is 2.14. The van der Waals surface area contributed by atoms with Crippen molar-refractivity contribution in [3.8, 4) is 0 Å². The Hall–Kier alpha value is -2.20. The Kier molecular flexibility index (Phi) is 63.1. The number of ether oxygens (including phenoxy) is 5. The molecular formula is C78H148O10. The molecule has 0 aliphatic carbocycles. The van der Waals surface area contributed by atoms with E-state index >= 15 is 0 Å². The normalized spacial score (nSPS) is 16.7. The van der Waals surface area contributed by atoms with Crippen LogP contribution in [0.3, 0.4) is 0 Å². The number of carbonyl (C=O) groups excluding carboxylic acids is 4. The fraction of sp³-hybridized carbons (Fsp3) is 0.949. The molecule has 1 aliphatic heterocycles. The second kappa shape index (κ2) is 66.3. The Morgan fingerprint density at radius 1 is 0.250 bits per heavy atom. The maximum atomic E-state index is 13.9. The minimum Gasteiger partial charge on any atom is -0.463 e. The van der Waals surface area contributed by atoms with E-state index in [0.29, 0.717) is 25.7 Å². The van der Waals surface area contributed by atoms with Crippen LogP contribution in [0.4, 0.5) is 0 Å². The van der Waals surface area contributed by atoms with Gasteiger partial charge < -0.3 is 28.8 Å². The molecule has 0 aromatic carbocycles. The molecule has 0 radical (unpaired) electrons. The fourth-order valence-corrected chi connectivity index (χ4v) is 12.9. The van der Waals surface area contributed by atoms with Gasteiger partial charge in [-0.3, -0.25) is 19.2 Å². The summed E-state index contributed by atoms with van der Waals surface area (Å²) in [5.41, 5.74) is 0. The van der Waals surface area contributed by atoms with E-state index in [1.54, 1.807) is 0 Å². The van der Waals surface area contributed by atoms with E-state index in [1.165, 1.54) is 283 Å². The molecule has 520 valence electrons. The number of hydrogen-bond donors (Lipinski definition) is 1. The molecule has 88 heavy (non-hydrogen) atoms. The van der Waals surface area contributed by atoms with Gasteiger partial charge in [0.25, 0.3) is 0 Å². The molecule has 0 spiro atoms. The number of aliphatic hydroxyl groups excluding tert-OH is 1. The van der Waals surface area contributed by atoms with Gasteiger partial charge in [0.1, 0.15) is 12.7 Å². The van der Waals surface area contributed by atoms with E-state index in [4.69, 9.17) is 23.7 Å². The molecule has 1 rings (SSSR count). The molecule has 0 amide bonds. The third kappa shape index (κ3) is 54.4. The lowest BCUT2D eigenvalue weighted by Crippen LogP contribution is -2.62. The number of rotatable bonds is 69. The topological polar surface area (TPSA) is 135 Å². The molecule has 0 aromatic heterocycles. The SMILES string of the molecule is CCCCCCCCCCCCCCCCCC(=O)OC[C@H]1OC(O)[C@H](OC(=O)CCCCCCCCCCCCCCCCC)[C@@H](OC(=O)CCCCCCCCCCCCCCCCC)[C@H]1OC(=O)CCCCCCCCCCCCCCCCC. The van der Waals surface area contributed by atoms with Crippen molar-refractivity contribution in [2.24, 2.45) is 0 Å². The molecule has 0 bridgehead atoms. The number of unbranched alkanes of at least 4 members (excludes halogenated alkanes) is 56. The molecule has 1 aliphatic rings. The van der Waals surface area contributed by atoms with Crippen LogP contribution in [0.1, 0.15) is 439 Å². The highest BCUT2D eigenvalue weighted by atomic mass is 16.7. The smallest absolute Gasteiger partial charge is 0.306 e. The van der Waals surface area contributed by atoms with Gasteiger partial charge in [0.05, 0.1) is 0 Å². The zero-order chi connectivity index (χ0) is 63.7. The van der Waals surface area contributed by atoms with Crippen molar-refractivity contribution in [1.82, 2.24) is 0 Å². The Morgan fingerprint density at radius 2 is 0.432 bits per heavy atom. The molecular weight excluding hydrogens is 1100 g/mol. The number of carbonyl (C=O) groups is 4. The molecule has 0 aromatic rings. The van der Waals surface area contributed by atoms with E-state index in [9.17, 15) is 24.3 Å². The summed E-state index contributed by atoms with van der Waals surface area (Å²) in [6.07, 6.45) is 67.0. The van der Waals surface area contributed by atoms with Gasteiger partial charge in [-0.1, -0.05) is 387 Å². The molecule has 0 saturated carbocycles. The zero-order valence-electron chi connectivity index (χ0n) is 59.0. The maximum absolute atomic E-state index is 13.9. The van der Waals surface area contributed by atoms with Crippen molar-refractivity contribution >= 4 is 23.9 Å². The first-order chi connectivity index (χ1) is 43.3. The molecule has 1 unspecified atom stereocenters. The van der Waals surface area contributed by atoms with Gasteiger partial charge in [0.2, 0.25) is 0 Å². The van der Waals surface area contributed by atoms with E-state index < -0.39 is 54.6 Å². The van der Waals surface area contributed by atoms with Crippen LogP contribution < -0.4 is 0 Å². The molecule has 1 saturated heterocycles. The summed E-state index contributed by atoms with van der Waals surface area (Å²) in [5, 5.41) is 11.6. The first-order valence-electron chi connectivity index (χ1n) is 39.3. The minimum atomic E-state index is -1.70. The summed E-state index contributed by atoms with van der Waals surface area (Å²) in [6.45, 7) is 8.77. The van der Waals surface area contributed by atoms with Gasteiger partial charge in [0, 0.05) is 25.7 Å². The fourth-order valence-electron chi connectivity index (χ4n) is 12.9. The summed E-state index contributed by atoms with van der Waals surface area (Å²) in [4.78, 5) is 54.6. The van der Waals surface area contributed by atoms with E-state index in [2.05, 4.69) is 27.7 Å². The van der Waals surface area contributed by atoms with Crippen LogP contribution in [0.2, 0.25) is 0 Å². The lowest BCUT2D eigenvalue weighted by Gasteiger charge is -2.43. The first-order valence-corrected chi connectivity index (χ1v) is 39.3. The third-order valence-electron chi connectivity index (χ3n) is 18.8. The average molecular weight is 1250 g/mol. The minimum absolute atomic E-state index is 0.143. The van der Waals surface area contributed by atoms with Crippen molar-refractivity contribution in [3.05, 3.63) is 0 Å². The van der Waals surface area contributed by atoms with Crippen LogP contribution >= 0.6 is 0 Å². The van der Waals surface area contributed by atoms with Gasteiger partial charge in [-0.25, -0.2) is 0 Å². The number of aliphatic hydroxyl groups is 1. The van der Waals surface area contributed by atoms with E-state index in [1.807, 2.05) is 0 Å². The Bertz CT molecular complexity index is 1500. The predicted octanol–water partition coefficient (Wildman–Crippen LogP) is 24.0. The van der Waals surface area contributed by atoms with Crippen molar-refractivity contribution in [2.75, 3.05) is 6.61 Å². The first kappa shape index (κ1) is 83.8. The second-order valence-electron chi connectivity index (χ2n) is 27.4. The lowest BCUT2D eigenvalue weighted by molar-refractivity contribution is -0.297. The standard InChI is InChI=1S/C78H148O10/c1-5-9-13-17-21-25-29-33-37-41-45-49-53-57-61-65-71(79)84-69-70-75(86-72(80)66-62-58-54-50-46-42-38-34-30-26-22-18-14-10-6-2)76(87-73(81)67-63-59-55-51-47-43-39-35-31-27-23-19-15-11-7-3)77(78(83)85-70)88-74(82)68-64-60-56-52-48-44-40-36-32-28-24-20-16-12-8-4/h70,75-78,83H,5-69H2,1-4H3/t70-,75+,76+,77-,78?/m1/s1. The van der Waals surface area contributed by atoms with Gasteiger partial charge in [-0.15, -0.1) is 0 Å². The highest BCUT2D eigenvalue weighted by Crippen LogP contribution is 2.30. The van der Waals surface area contributed by atoms with Crippen LogP contribution in [0, 0.1) is 0 Å². The van der Waals surface area contributed by atoms with Crippen molar-refractivity contribution in [1.29, 1.82) is 0 Å². The molecule has 1 heterocycles. The number of esters is 4. The van der Waals surface area contributed by atoms with Crippen LogP contribution in [0.15, 0.2) is 0 Å². The van der Waals surface area contributed by atoms with E-state index in [0.717, 1.165) is 77.0 Å². The van der Waals surface area contributed by atoms with Crippen molar-refractivity contribution in [2.45, 2.75) is 469 Å². The van der Waals surface area contributed by atoms with Gasteiger partial charge in [0.15, 0.2) is 24.6 Å². The highest BCUT2D eigenvalue weighted by molar-refractivity contribution is 5.72. The molecule has 1 fully saturated rings. The summed E-state index contributed by atoms with van der Waals surface area (Å²) >= 11 is 0. The molecule has 5 atom stereocenters. The van der Waals surface area contributed by atoms with Crippen LogP contribution in [-0.4, -0.2) is 66.3 Å². The summed E-state index contributed by atoms with van der Waals surface area (Å²) in [7, 11) is 0. The summed E-state index contributed by atoms with van der Waals surface area (Å²) < 4.78 is 30.3. The highest BCUT2D eigenvalue weighted by Gasteiger charge is 2.52. The second-order valence-corrected chi connectivity index (χ2v) is 27.4. The summed E-state index contributed by atoms with van der Waals surface area (Å²) in [5.74, 6) is -1.92. The largest absolute Gasteiger partial charge is 0.463 e. The Labute approximate surface area is 545 Å². The van der Waals surface area contributed by atoms with Crippen molar-refractivity contribution in [3.63, 3.8) is 0 Å². The monoisotopic (exact) mass is 1250 g/mol. The summed E-state index contributed by atoms with van der Waals surface area (Å²) in [6, 6.07) is 0. The molecule has 10 nitrogen and oxygen atoms in total. The predicted molar refractivity (Wildman–Crippen MR) is 370 cm³/mol. The van der Waals surface area contributed by atoms with Crippen LogP contribution in [0.5, 0.6) is 0 Å². The Balaban J connectivity index is 2.93. The van der Waals surface area contributed by atoms with E-state index in [-0.39, 0.29) is 32.3 Å². The lowest BCUT2D eigenvalue weighted by atomic mass is 9.97. The zero-order valence-corrected chi connectivity index (χ0v) is 59.0. The quantitative estimate of drug-likeness (QED) is 0.0356. The van der Waals surface area contributed by atoms with Crippen LogP contribution in [0.25, 0.3) is 0 Å². The maximum Gasteiger partial charge on any atom is 0.306 e. The molecule has 10 heteroatoms. The third-order valence-corrected chi connectivity index (χ3v) is 18.8. The van der Waals surface area contributed by atoms with Gasteiger partial charge in [-0.2, -0.15) is 0 Å². The van der Waals surface area contributed by atoms with Crippen LogP contribution in [-0.2, 0) is 42.9 Å². The van der Waals surface area contributed by atoms with Crippen molar-refractivity contribution < 1.29 is 48.0 Å². The molecule has 1 N–H and O–H groups in total. The van der Waals surface area contributed by atoms with Gasteiger partial charge >= 0.3 is 23.9 Å². The van der Waals surface area contributed by atoms with Gasteiger partial charge in [-0.05, 0) is 25.7 Å². The number of hydrogen-bond acceptors (Lipinski definition) is 10. The Morgan fingerprint density at radius 3 is 0.659 bits per heavy atom.